The Hall–Kier alpha value is -1.97. The zero-order valence-corrected chi connectivity index (χ0v) is 11.9. The van der Waals surface area contributed by atoms with Gasteiger partial charge in [-0.1, -0.05) is 41.4 Å². The van der Waals surface area contributed by atoms with Crippen molar-refractivity contribution in [3.05, 3.63) is 70.9 Å². The molecule has 1 N–H and O–H groups in total. The Morgan fingerprint density at radius 1 is 1.10 bits per heavy atom. The summed E-state index contributed by atoms with van der Waals surface area (Å²) in [6.45, 7) is 0. The fourth-order valence-electron chi connectivity index (χ4n) is 1.44. The first-order valence-corrected chi connectivity index (χ1v) is 6.56. The van der Waals surface area contributed by atoms with E-state index in [1.165, 1.54) is 18.3 Å². The summed E-state index contributed by atoms with van der Waals surface area (Å²) >= 11 is 11.7. The highest BCUT2D eigenvalue weighted by Crippen LogP contribution is 2.27. The Balaban J connectivity index is 1.92. The van der Waals surface area contributed by atoms with Gasteiger partial charge in [-0.25, -0.2) is 4.79 Å². The summed E-state index contributed by atoms with van der Waals surface area (Å²) in [7, 11) is 0. The molecule has 20 heavy (non-hydrogen) atoms. The molecular weight excluding hydrogens is 297 g/mol. The van der Waals surface area contributed by atoms with Gasteiger partial charge in [0.25, 0.3) is 0 Å². The van der Waals surface area contributed by atoms with Crippen LogP contribution in [-0.4, -0.2) is 5.97 Å². The number of hydrogen-bond acceptors (Lipinski definition) is 3. The third-order valence-electron chi connectivity index (χ3n) is 2.35. The average Bonchev–Trinajstić information content (AvgIpc) is 2.43. The predicted octanol–water partition coefficient (Wildman–Crippen LogP) is 4.52. The normalized spacial score (nSPS) is 10.5. The molecule has 0 aliphatic heterocycles. The second-order valence-corrected chi connectivity index (χ2v) is 4.68. The third-order valence-corrected chi connectivity index (χ3v) is 2.88. The Morgan fingerprint density at radius 3 is 2.55 bits per heavy atom. The molecule has 5 heteroatoms. The van der Waals surface area contributed by atoms with Crippen LogP contribution in [0.3, 0.4) is 0 Å². The molecule has 0 amide bonds. The quantitative estimate of drug-likeness (QED) is 0.512. The van der Waals surface area contributed by atoms with Crippen molar-refractivity contribution in [1.82, 2.24) is 0 Å². The molecule has 2 aromatic rings. The molecule has 0 atom stereocenters. The zero-order valence-electron chi connectivity index (χ0n) is 10.3. The van der Waals surface area contributed by atoms with E-state index in [1.54, 1.807) is 12.1 Å². The van der Waals surface area contributed by atoms with Gasteiger partial charge in [0.05, 0.1) is 5.02 Å². The minimum absolute atomic E-state index is 0.269. The molecule has 0 saturated heterocycles. The van der Waals surface area contributed by atoms with Crippen LogP contribution in [0.25, 0.3) is 0 Å². The van der Waals surface area contributed by atoms with Gasteiger partial charge in [-0.3, -0.25) is 0 Å². The molecule has 0 unspecified atom stereocenters. The minimum atomic E-state index is -0.530. The summed E-state index contributed by atoms with van der Waals surface area (Å²) < 4.78 is 5.08. The van der Waals surface area contributed by atoms with E-state index in [-0.39, 0.29) is 10.8 Å². The van der Waals surface area contributed by atoms with Gasteiger partial charge in [0.2, 0.25) is 0 Å². The van der Waals surface area contributed by atoms with E-state index in [0.717, 1.165) is 5.69 Å². The first kappa shape index (κ1) is 14.4. The van der Waals surface area contributed by atoms with Crippen LogP contribution in [0.4, 0.5) is 5.69 Å². The van der Waals surface area contributed by atoms with Crippen molar-refractivity contribution in [2.24, 2.45) is 0 Å². The molecule has 0 spiro atoms. The number of hydrogen-bond donors (Lipinski definition) is 1. The Bertz CT molecular complexity index is 627. The number of rotatable bonds is 4. The fourth-order valence-corrected chi connectivity index (χ4v) is 1.89. The van der Waals surface area contributed by atoms with Crippen molar-refractivity contribution >= 4 is 34.9 Å². The van der Waals surface area contributed by atoms with E-state index in [9.17, 15) is 4.79 Å². The van der Waals surface area contributed by atoms with Crippen LogP contribution in [0.1, 0.15) is 0 Å². The number of esters is 1. The minimum Gasteiger partial charge on any atom is -0.422 e. The molecule has 0 aromatic heterocycles. The highest BCUT2D eigenvalue weighted by molar-refractivity contribution is 6.35. The van der Waals surface area contributed by atoms with E-state index in [1.807, 2.05) is 30.3 Å². The Labute approximate surface area is 126 Å². The summed E-state index contributed by atoms with van der Waals surface area (Å²) in [6.07, 6.45) is 2.78. The van der Waals surface area contributed by atoms with Crippen LogP contribution in [0, 0.1) is 0 Å². The highest BCUT2D eigenvalue weighted by atomic mass is 35.5. The zero-order chi connectivity index (χ0) is 14.4. The van der Waals surface area contributed by atoms with Gasteiger partial charge in [0.1, 0.15) is 5.75 Å². The topological polar surface area (TPSA) is 38.3 Å². The lowest BCUT2D eigenvalue weighted by atomic mass is 10.3. The van der Waals surface area contributed by atoms with Crippen LogP contribution in [0.15, 0.2) is 60.8 Å². The van der Waals surface area contributed by atoms with Gasteiger partial charge in [-0.05, 0) is 30.3 Å². The molecule has 2 aromatic carbocycles. The number of ether oxygens (including phenoxy) is 1. The molecular formula is C15H11Cl2NO2. The standard InChI is InChI=1S/C15H11Cl2NO2/c16-11-6-7-14(13(17)10-11)20-15(19)8-9-18-12-4-2-1-3-5-12/h1-10,18H. The fraction of sp³-hybridized carbons (Fsp3) is 0. The molecule has 0 bridgehead atoms. The van der Waals surface area contributed by atoms with Gasteiger partial charge in [-0.15, -0.1) is 0 Å². The number of carbonyl (C=O) groups excluding carboxylic acids is 1. The Kier molecular flexibility index (Phi) is 5.04. The number of nitrogens with one attached hydrogen (secondary N) is 1. The summed E-state index contributed by atoms with van der Waals surface area (Å²) in [4.78, 5) is 11.6. The van der Waals surface area contributed by atoms with Gasteiger partial charge in [0.15, 0.2) is 0 Å². The second-order valence-electron chi connectivity index (χ2n) is 3.84. The van der Waals surface area contributed by atoms with E-state index in [2.05, 4.69) is 5.32 Å². The molecule has 2 rings (SSSR count). The highest BCUT2D eigenvalue weighted by Gasteiger charge is 2.05. The van der Waals surface area contributed by atoms with Crippen molar-refractivity contribution < 1.29 is 9.53 Å². The lowest BCUT2D eigenvalue weighted by Crippen LogP contribution is -2.05. The lowest BCUT2D eigenvalue weighted by Gasteiger charge is -2.04. The van der Waals surface area contributed by atoms with Crippen LogP contribution in [0.5, 0.6) is 5.75 Å². The molecule has 0 radical (unpaired) electrons. The van der Waals surface area contributed by atoms with Crippen molar-refractivity contribution in [1.29, 1.82) is 0 Å². The van der Waals surface area contributed by atoms with Crippen LogP contribution >= 0.6 is 23.2 Å². The summed E-state index contributed by atoms with van der Waals surface area (Å²) in [6, 6.07) is 14.1. The summed E-state index contributed by atoms with van der Waals surface area (Å²) in [5, 5.41) is 3.72. The number of carbonyl (C=O) groups is 1. The van der Waals surface area contributed by atoms with Crippen LogP contribution < -0.4 is 10.1 Å². The van der Waals surface area contributed by atoms with Crippen molar-refractivity contribution in [2.75, 3.05) is 5.32 Å². The van der Waals surface area contributed by atoms with E-state index >= 15 is 0 Å². The van der Waals surface area contributed by atoms with Crippen molar-refractivity contribution in [2.45, 2.75) is 0 Å². The predicted molar refractivity (Wildman–Crippen MR) is 81.3 cm³/mol. The van der Waals surface area contributed by atoms with E-state index in [0.29, 0.717) is 5.02 Å². The summed E-state index contributed by atoms with van der Waals surface area (Å²) in [5.74, 6) is -0.261. The van der Waals surface area contributed by atoms with E-state index < -0.39 is 5.97 Å². The van der Waals surface area contributed by atoms with Crippen LogP contribution in [-0.2, 0) is 4.79 Å². The maximum Gasteiger partial charge on any atom is 0.337 e. The first-order chi connectivity index (χ1) is 9.65. The third kappa shape index (κ3) is 4.30. The summed E-state index contributed by atoms with van der Waals surface area (Å²) in [5.41, 5.74) is 0.876. The van der Waals surface area contributed by atoms with Gasteiger partial charge in [0, 0.05) is 23.0 Å². The average molecular weight is 308 g/mol. The second kappa shape index (κ2) is 6.98. The molecule has 3 nitrogen and oxygen atoms in total. The number of benzene rings is 2. The van der Waals surface area contributed by atoms with Gasteiger partial charge < -0.3 is 10.1 Å². The van der Waals surface area contributed by atoms with E-state index in [4.69, 9.17) is 27.9 Å². The molecule has 102 valence electrons. The number of para-hydroxylation sites is 1. The maximum absolute atomic E-state index is 11.6. The smallest absolute Gasteiger partial charge is 0.337 e. The van der Waals surface area contributed by atoms with Gasteiger partial charge in [-0.2, -0.15) is 0 Å². The SMILES string of the molecule is O=C(C=CNc1ccccc1)Oc1ccc(Cl)cc1Cl. The molecule has 0 heterocycles. The number of halogens is 2. The van der Waals surface area contributed by atoms with Gasteiger partial charge >= 0.3 is 5.97 Å². The van der Waals surface area contributed by atoms with Crippen molar-refractivity contribution in [3.8, 4) is 5.75 Å². The molecule has 0 saturated carbocycles. The van der Waals surface area contributed by atoms with Crippen molar-refractivity contribution in [3.63, 3.8) is 0 Å². The molecule has 0 aliphatic rings. The Morgan fingerprint density at radius 2 is 1.85 bits per heavy atom. The number of anilines is 1. The maximum atomic E-state index is 11.6. The monoisotopic (exact) mass is 307 g/mol. The largest absolute Gasteiger partial charge is 0.422 e. The molecule has 0 aliphatic carbocycles. The lowest BCUT2D eigenvalue weighted by molar-refractivity contribution is -0.128. The first-order valence-electron chi connectivity index (χ1n) is 5.80. The molecule has 0 fully saturated rings. The van der Waals surface area contributed by atoms with Crippen LogP contribution in [0.2, 0.25) is 10.0 Å².